The zero-order valence-electron chi connectivity index (χ0n) is 12.8. The molecule has 1 heterocycles. The Morgan fingerprint density at radius 2 is 2.05 bits per heavy atom. The van der Waals surface area contributed by atoms with Crippen LogP contribution in [-0.4, -0.2) is 30.5 Å². The summed E-state index contributed by atoms with van der Waals surface area (Å²) in [6.45, 7) is 9.01. The number of hydrogen-bond donors (Lipinski definition) is 0. The minimum atomic E-state index is 0.241. The molecule has 1 fully saturated rings. The Morgan fingerprint density at radius 1 is 1.35 bits per heavy atom. The maximum absolute atomic E-state index is 12.2. The summed E-state index contributed by atoms with van der Waals surface area (Å²) >= 11 is 0. The molecule has 3 nitrogen and oxygen atoms in total. The summed E-state index contributed by atoms with van der Waals surface area (Å²) in [5, 5.41) is 0. The third-order valence-corrected chi connectivity index (χ3v) is 3.64. The topological polar surface area (TPSA) is 29.5 Å². The Hall–Kier alpha value is -1.51. The van der Waals surface area contributed by atoms with Gasteiger partial charge in [-0.15, -0.1) is 0 Å². The minimum absolute atomic E-state index is 0.241. The molecule has 0 N–H and O–H groups in total. The highest BCUT2D eigenvalue weighted by molar-refractivity contribution is 5.79. The number of hydrogen-bond acceptors (Lipinski definition) is 2. The van der Waals surface area contributed by atoms with E-state index in [9.17, 15) is 4.79 Å². The monoisotopic (exact) mass is 275 g/mol. The second-order valence-corrected chi connectivity index (χ2v) is 6.26. The van der Waals surface area contributed by atoms with Crippen LogP contribution in [0.5, 0.6) is 5.75 Å². The number of nitrogens with zero attached hydrogens (tertiary/aromatic N) is 1. The lowest BCUT2D eigenvalue weighted by molar-refractivity contribution is -0.129. The molecule has 0 aromatic heterocycles. The van der Waals surface area contributed by atoms with Crippen LogP contribution in [0.1, 0.15) is 32.8 Å². The first-order chi connectivity index (χ1) is 9.54. The molecule has 1 amide bonds. The van der Waals surface area contributed by atoms with Crippen molar-refractivity contribution in [3.8, 4) is 5.75 Å². The Bertz CT molecular complexity index is 439. The molecule has 1 atom stereocenters. The Balaban J connectivity index is 1.85. The highest BCUT2D eigenvalue weighted by Gasteiger charge is 2.22. The van der Waals surface area contributed by atoms with Gasteiger partial charge in [0.25, 0.3) is 0 Å². The van der Waals surface area contributed by atoms with Crippen molar-refractivity contribution in [3.63, 3.8) is 0 Å². The van der Waals surface area contributed by atoms with Gasteiger partial charge in [-0.3, -0.25) is 4.79 Å². The van der Waals surface area contributed by atoms with E-state index in [2.05, 4.69) is 20.8 Å². The van der Waals surface area contributed by atoms with Gasteiger partial charge < -0.3 is 9.64 Å². The Labute approximate surface area is 121 Å². The molecule has 0 spiro atoms. The minimum Gasteiger partial charge on any atom is -0.493 e. The van der Waals surface area contributed by atoms with E-state index >= 15 is 0 Å². The average Bonchev–Trinajstić information content (AvgIpc) is 2.85. The summed E-state index contributed by atoms with van der Waals surface area (Å²) in [5.74, 6) is 2.29. The van der Waals surface area contributed by atoms with Crippen molar-refractivity contribution in [2.24, 2.45) is 11.8 Å². The molecule has 1 unspecified atom stereocenters. The molecule has 1 aliphatic heterocycles. The van der Waals surface area contributed by atoms with E-state index in [1.165, 1.54) is 0 Å². The number of ether oxygens (including phenoxy) is 1. The first-order valence-corrected chi connectivity index (χ1v) is 7.54. The van der Waals surface area contributed by atoms with E-state index < -0.39 is 0 Å². The van der Waals surface area contributed by atoms with Crippen molar-refractivity contribution in [1.29, 1.82) is 0 Å². The largest absolute Gasteiger partial charge is 0.493 e. The SMILES string of the molecule is CC(C)COc1ccc(CC(=O)N2CCC(C)C2)cc1. The maximum atomic E-state index is 12.2. The molecule has 1 aromatic carbocycles. The maximum Gasteiger partial charge on any atom is 0.226 e. The zero-order valence-corrected chi connectivity index (χ0v) is 12.8. The summed E-state index contributed by atoms with van der Waals surface area (Å²) < 4.78 is 5.65. The van der Waals surface area contributed by atoms with Crippen LogP contribution < -0.4 is 4.74 Å². The van der Waals surface area contributed by atoms with Crippen molar-refractivity contribution < 1.29 is 9.53 Å². The van der Waals surface area contributed by atoms with Gasteiger partial charge in [0.1, 0.15) is 5.75 Å². The summed E-state index contributed by atoms with van der Waals surface area (Å²) in [5.41, 5.74) is 1.06. The molecule has 1 saturated heterocycles. The molecule has 20 heavy (non-hydrogen) atoms. The van der Waals surface area contributed by atoms with E-state index in [-0.39, 0.29) is 5.91 Å². The van der Waals surface area contributed by atoms with E-state index in [0.29, 0.717) is 18.3 Å². The van der Waals surface area contributed by atoms with Crippen molar-refractivity contribution in [2.45, 2.75) is 33.6 Å². The van der Waals surface area contributed by atoms with E-state index in [4.69, 9.17) is 4.74 Å². The number of carbonyl (C=O) groups excluding carboxylic acids is 1. The molecule has 0 saturated carbocycles. The van der Waals surface area contributed by atoms with Crippen molar-refractivity contribution in [2.75, 3.05) is 19.7 Å². The fourth-order valence-electron chi connectivity index (χ4n) is 2.41. The number of rotatable bonds is 5. The van der Waals surface area contributed by atoms with Crippen molar-refractivity contribution >= 4 is 5.91 Å². The van der Waals surface area contributed by atoms with Gasteiger partial charge >= 0.3 is 0 Å². The van der Waals surface area contributed by atoms with E-state index in [1.807, 2.05) is 29.2 Å². The molecular weight excluding hydrogens is 250 g/mol. The van der Waals surface area contributed by atoms with Crippen molar-refractivity contribution in [3.05, 3.63) is 29.8 Å². The van der Waals surface area contributed by atoms with Gasteiger partial charge in [-0.1, -0.05) is 32.9 Å². The second-order valence-electron chi connectivity index (χ2n) is 6.26. The normalized spacial score (nSPS) is 18.6. The van der Waals surface area contributed by atoms with Gasteiger partial charge in [-0.25, -0.2) is 0 Å². The number of carbonyl (C=O) groups is 1. The number of amides is 1. The highest BCUT2D eigenvalue weighted by Crippen LogP contribution is 2.18. The molecule has 1 aliphatic rings. The summed E-state index contributed by atoms with van der Waals surface area (Å²) in [6, 6.07) is 7.90. The quantitative estimate of drug-likeness (QED) is 0.826. The van der Waals surface area contributed by atoms with E-state index in [0.717, 1.165) is 37.4 Å². The third-order valence-electron chi connectivity index (χ3n) is 3.64. The van der Waals surface area contributed by atoms with Crippen molar-refractivity contribution in [1.82, 2.24) is 4.90 Å². The van der Waals surface area contributed by atoms with Crippen LogP contribution in [0.15, 0.2) is 24.3 Å². The van der Waals surface area contributed by atoms with Gasteiger partial charge in [-0.05, 0) is 36.0 Å². The first kappa shape index (κ1) is 14.9. The van der Waals surface area contributed by atoms with Crippen LogP contribution in [0, 0.1) is 11.8 Å². The number of likely N-dealkylation sites (tertiary alicyclic amines) is 1. The first-order valence-electron chi connectivity index (χ1n) is 7.54. The molecule has 0 radical (unpaired) electrons. The van der Waals surface area contributed by atoms with Gasteiger partial charge in [0.15, 0.2) is 0 Å². The predicted molar refractivity (Wildman–Crippen MR) is 80.8 cm³/mol. The van der Waals surface area contributed by atoms with Gasteiger partial charge in [0, 0.05) is 13.1 Å². The lowest BCUT2D eigenvalue weighted by Crippen LogP contribution is -2.29. The molecule has 3 heteroatoms. The summed E-state index contributed by atoms with van der Waals surface area (Å²) in [4.78, 5) is 14.1. The zero-order chi connectivity index (χ0) is 14.5. The highest BCUT2D eigenvalue weighted by atomic mass is 16.5. The summed E-state index contributed by atoms with van der Waals surface area (Å²) in [7, 11) is 0. The number of benzene rings is 1. The molecule has 110 valence electrons. The standard InChI is InChI=1S/C17H25NO2/c1-13(2)12-20-16-6-4-15(5-7-16)10-17(19)18-9-8-14(3)11-18/h4-7,13-14H,8-12H2,1-3H3. The lowest BCUT2D eigenvalue weighted by Gasteiger charge is -2.16. The van der Waals surface area contributed by atoms with Crippen LogP contribution in [0.25, 0.3) is 0 Å². The van der Waals surface area contributed by atoms with Gasteiger partial charge in [0.05, 0.1) is 13.0 Å². The van der Waals surface area contributed by atoms with Crippen LogP contribution in [0.4, 0.5) is 0 Å². The molecule has 0 aliphatic carbocycles. The molecule has 1 aromatic rings. The van der Waals surface area contributed by atoms with Gasteiger partial charge in [-0.2, -0.15) is 0 Å². The smallest absolute Gasteiger partial charge is 0.226 e. The van der Waals surface area contributed by atoms with Crippen LogP contribution >= 0.6 is 0 Å². The summed E-state index contributed by atoms with van der Waals surface area (Å²) in [6.07, 6.45) is 1.63. The Kier molecular flexibility index (Phi) is 5.05. The van der Waals surface area contributed by atoms with E-state index in [1.54, 1.807) is 0 Å². The lowest BCUT2D eigenvalue weighted by atomic mass is 10.1. The third kappa shape index (κ3) is 4.26. The van der Waals surface area contributed by atoms with Crippen LogP contribution in [-0.2, 0) is 11.2 Å². The predicted octanol–water partition coefficient (Wildman–Crippen LogP) is 3.13. The molecule has 0 bridgehead atoms. The second kappa shape index (κ2) is 6.78. The average molecular weight is 275 g/mol. The van der Waals surface area contributed by atoms with Crippen LogP contribution in [0.3, 0.4) is 0 Å². The molecular formula is C17H25NO2. The molecule has 2 rings (SSSR count). The fraction of sp³-hybridized carbons (Fsp3) is 0.588. The van der Waals surface area contributed by atoms with Crippen LogP contribution in [0.2, 0.25) is 0 Å². The van der Waals surface area contributed by atoms with Gasteiger partial charge in [0.2, 0.25) is 5.91 Å². The fourth-order valence-corrected chi connectivity index (χ4v) is 2.41. The Morgan fingerprint density at radius 3 is 2.60 bits per heavy atom.